The van der Waals surface area contributed by atoms with Gasteiger partial charge in [0.05, 0.1) is 0 Å². The van der Waals surface area contributed by atoms with Crippen LogP contribution in [-0.4, -0.2) is 11.6 Å². The second-order valence-corrected chi connectivity index (χ2v) is 3.96. The standard InChI is InChI=1S/C7H14O.C6H12O/c1-3-4-5-6-7(2)8;1-3-4-5-6(2)7/h3-6H2,1-2H3;3-5H2,1-2H3. The third-order valence-corrected chi connectivity index (χ3v) is 2.01. The molecule has 0 amide bonds. The normalized spacial score (nSPS) is 9.07. The Labute approximate surface area is 94.4 Å². The van der Waals surface area contributed by atoms with Crippen LogP contribution in [0, 0.1) is 0 Å². The molecular weight excluding hydrogens is 188 g/mol. The van der Waals surface area contributed by atoms with Crippen molar-refractivity contribution in [2.24, 2.45) is 0 Å². The van der Waals surface area contributed by atoms with E-state index in [0.717, 1.165) is 32.1 Å². The topological polar surface area (TPSA) is 34.1 Å². The maximum absolute atomic E-state index is 10.3. The van der Waals surface area contributed by atoms with Crippen LogP contribution in [0.3, 0.4) is 0 Å². The summed E-state index contributed by atoms with van der Waals surface area (Å²) in [5, 5.41) is 0. The second-order valence-electron chi connectivity index (χ2n) is 3.96. The van der Waals surface area contributed by atoms with Crippen molar-refractivity contribution >= 4 is 11.6 Å². The Morgan fingerprint density at radius 3 is 1.40 bits per heavy atom. The summed E-state index contributed by atoms with van der Waals surface area (Å²) in [4.78, 5) is 20.5. The van der Waals surface area contributed by atoms with E-state index < -0.39 is 0 Å². The molecule has 0 aromatic carbocycles. The average Bonchev–Trinajstić information content (AvgIpc) is 2.15. The minimum Gasteiger partial charge on any atom is -0.300 e. The van der Waals surface area contributed by atoms with Gasteiger partial charge in [-0.2, -0.15) is 0 Å². The molecule has 0 aliphatic rings. The Hall–Kier alpha value is -0.660. The van der Waals surface area contributed by atoms with Crippen molar-refractivity contribution in [3.8, 4) is 0 Å². The Balaban J connectivity index is 0. The van der Waals surface area contributed by atoms with E-state index >= 15 is 0 Å². The fraction of sp³-hybridized carbons (Fsp3) is 0.846. The second kappa shape index (κ2) is 13.3. The fourth-order valence-corrected chi connectivity index (χ4v) is 1.05. The lowest BCUT2D eigenvalue weighted by molar-refractivity contribution is -0.117. The first-order chi connectivity index (χ1) is 7.04. The van der Waals surface area contributed by atoms with Crippen molar-refractivity contribution in [2.75, 3.05) is 0 Å². The van der Waals surface area contributed by atoms with Gasteiger partial charge in [-0.05, 0) is 26.7 Å². The predicted molar refractivity (Wildman–Crippen MR) is 65.0 cm³/mol. The molecule has 0 radical (unpaired) electrons. The SMILES string of the molecule is CCCCC(C)=O.CCCCCC(C)=O. The van der Waals surface area contributed by atoms with Crippen molar-refractivity contribution in [3.63, 3.8) is 0 Å². The van der Waals surface area contributed by atoms with E-state index in [1.165, 1.54) is 12.8 Å². The molecule has 0 atom stereocenters. The highest BCUT2D eigenvalue weighted by Gasteiger charge is 1.89. The molecule has 0 bridgehead atoms. The smallest absolute Gasteiger partial charge is 0.129 e. The van der Waals surface area contributed by atoms with Crippen molar-refractivity contribution in [2.45, 2.75) is 72.6 Å². The highest BCUT2D eigenvalue weighted by Crippen LogP contribution is 1.98. The van der Waals surface area contributed by atoms with Gasteiger partial charge in [0.1, 0.15) is 11.6 Å². The Morgan fingerprint density at radius 2 is 1.13 bits per heavy atom. The number of hydrogen-bond donors (Lipinski definition) is 0. The van der Waals surface area contributed by atoms with Gasteiger partial charge >= 0.3 is 0 Å². The zero-order chi connectivity index (χ0) is 12.1. The monoisotopic (exact) mass is 214 g/mol. The Kier molecular flexibility index (Phi) is 14.9. The number of carbonyl (C=O) groups excluding carboxylic acids is 2. The summed E-state index contributed by atoms with van der Waals surface area (Å²) in [6, 6.07) is 0. The fourth-order valence-electron chi connectivity index (χ4n) is 1.05. The molecule has 0 N–H and O–H groups in total. The summed E-state index contributed by atoms with van der Waals surface area (Å²) >= 11 is 0. The highest BCUT2D eigenvalue weighted by molar-refractivity contribution is 5.75. The summed E-state index contributed by atoms with van der Waals surface area (Å²) < 4.78 is 0. The molecule has 2 nitrogen and oxygen atoms in total. The molecule has 0 saturated heterocycles. The number of hydrogen-bond acceptors (Lipinski definition) is 2. The van der Waals surface area contributed by atoms with Crippen molar-refractivity contribution in [1.82, 2.24) is 0 Å². The van der Waals surface area contributed by atoms with Gasteiger partial charge in [0.15, 0.2) is 0 Å². The maximum Gasteiger partial charge on any atom is 0.129 e. The van der Waals surface area contributed by atoms with E-state index in [1.54, 1.807) is 13.8 Å². The summed E-state index contributed by atoms with van der Waals surface area (Å²) in [5.74, 6) is 0.625. The number of unbranched alkanes of at least 4 members (excludes halogenated alkanes) is 3. The van der Waals surface area contributed by atoms with Crippen LogP contribution in [0.25, 0.3) is 0 Å². The van der Waals surface area contributed by atoms with E-state index in [-0.39, 0.29) is 0 Å². The number of ketones is 2. The van der Waals surface area contributed by atoms with Crippen LogP contribution in [0.5, 0.6) is 0 Å². The zero-order valence-corrected chi connectivity index (χ0v) is 10.8. The number of carbonyl (C=O) groups is 2. The molecule has 0 aromatic rings. The Morgan fingerprint density at radius 1 is 0.733 bits per heavy atom. The van der Waals surface area contributed by atoms with E-state index in [0.29, 0.717) is 11.6 Å². The summed E-state index contributed by atoms with van der Waals surface area (Å²) in [6.07, 6.45) is 7.18. The van der Waals surface area contributed by atoms with Gasteiger partial charge < -0.3 is 9.59 Å². The zero-order valence-electron chi connectivity index (χ0n) is 10.8. The quantitative estimate of drug-likeness (QED) is 0.602. The minimum atomic E-state index is 0.307. The van der Waals surface area contributed by atoms with Gasteiger partial charge in [0, 0.05) is 12.8 Å². The third-order valence-electron chi connectivity index (χ3n) is 2.01. The molecule has 0 unspecified atom stereocenters. The third kappa shape index (κ3) is 24.7. The largest absolute Gasteiger partial charge is 0.300 e. The van der Waals surface area contributed by atoms with Crippen LogP contribution >= 0.6 is 0 Å². The van der Waals surface area contributed by atoms with Gasteiger partial charge in [0.25, 0.3) is 0 Å². The van der Waals surface area contributed by atoms with E-state index in [2.05, 4.69) is 13.8 Å². The maximum atomic E-state index is 10.3. The molecule has 0 aromatic heterocycles. The number of Topliss-reactive ketones (excluding diaryl/α,β-unsaturated/α-hetero) is 2. The van der Waals surface area contributed by atoms with Crippen LogP contribution in [-0.2, 0) is 9.59 Å². The first-order valence-corrected chi connectivity index (χ1v) is 6.03. The molecule has 0 aliphatic carbocycles. The lowest BCUT2D eigenvalue weighted by Crippen LogP contribution is -1.87. The molecule has 0 heterocycles. The Bertz CT molecular complexity index is 162. The summed E-state index contributed by atoms with van der Waals surface area (Å²) in [7, 11) is 0. The first kappa shape index (κ1) is 16.8. The molecule has 0 fully saturated rings. The molecule has 0 spiro atoms. The van der Waals surface area contributed by atoms with E-state index in [9.17, 15) is 9.59 Å². The summed E-state index contributed by atoms with van der Waals surface area (Å²) in [5.41, 5.74) is 0. The molecule has 0 aliphatic heterocycles. The van der Waals surface area contributed by atoms with Gasteiger partial charge in [-0.25, -0.2) is 0 Å². The van der Waals surface area contributed by atoms with E-state index in [1.807, 2.05) is 0 Å². The minimum absolute atomic E-state index is 0.307. The molecule has 0 saturated carbocycles. The average molecular weight is 214 g/mol. The van der Waals surface area contributed by atoms with Crippen molar-refractivity contribution in [3.05, 3.63) is 0 Å². The van der Waals surface area contributed by atoms with Crippen molar-refractivity contribution in [1.29, 1.82) is 0 Å². The molecule has 15 heavy (non-hydrogen) atoms. The van der Waals surface area contributed by atoms with Crippen LogP contribution in [0.2, 0.25) is 0 Å². The first-order valence-electron chi connectivity index (χ1n) is 6.03. The summed E-state index contributed by atoms with van der Waals surface area (Å²) in [6.45, 7) is 7.51. The van der Waals surface area contributed by atoms with Crippen LogP contribution in [0.4, 0.5) is 0 Å². The van der Waals surface area contributed by atoms with Gasteiger partial charge in [0.2, 0.25) is 0 Å². The van der Waals surface area contributed by atoms with Crippen LogP contribution in [0.1, 0.15) is 72.6 Å². The van der Waals surface area contributed by atoms with Crippen LogP contribution < -0.4 is 0 Å². The molecule has 90 valence electrons. The molecule has 0 rings (SSSR count). The van der Waals surface area contributed by atoms with Gasteiger partial charge in [-0.15, -0.1) is 0 Å². The lowest BCUT2D eigenvalue weighted by atomic mass is 10.2. The number of rotatable bonds is 7. The van der Waals surface area contributed by atoms with E-state index in [4.69, 9.17) is 0 Å². The van der Waals surface area contributed by atoms with Crippen LogP contribution in [0.15, 0.2) is 0 Å². The molecule has 2 heteroatoms. The molecular formula is C13H26O2. The highest BCUT2D eigenvalue weighted by atomic mass is 16.1. The van der Waals surface area contributed by atoms with Gasteiger partial charge in [-0.3, -0.25) is 0 Å². The lowest BCUT2D eigenvalue weighted by Gasteiger charge is -1.90. The van der Waals surface area contributed by atoms with Crippen molar-refractivity contribution < 1.29 is 9.59 Å². The predicted octanol–water partition coefficient (Wildman–Crippen LogP) is 3.92. The van der Waals surface area contributed by atoms with Gasteiger partial charge in [-0.1, -0.05) is 33.1 Å².